The maximum atomic E-state index is 13.8. The highest BCUT2D eigenvalue weighted by Gasteiger charge is 2.76. The topological polar surface area (TPSA) is 121 Å². The van der Waals surface area contributed by atoms with Gasteiger partial charge in [0.25, 0.3) is 0 Å². The average Bonchev–Trinajstić information content (AvgIpc) is 3.42. The minimum Gasteiger partial charge on any atom is -0.455 e. The van der Waals surface area contributed by atoms with Gasteiger partial charge in [0.2, 0.25) is 0 Å². The molecule has 9 nitrogen and oxygen atoms in total. The first-order chi connectivity index (χ1) is 21.2. The number of allylic oxidation sites excluding steroid dienone is 2. The molecule has 1 aromatic carbocycles. The third kappa shape index (κ3) is 5.04. The molecule has 2 saturated heterocycles. The molecule has 3 aliphatic carbocycles. The molecular formula is C36H46O9. The predicted molar refractivity (Wildman–Crippen MR) is 167 cm³/mol. The van der Waals surface area contributed by atoms with Crippen molar-refractivity contribution in [1.29, 1.82) is 0 Å². The molecule has 1 aromatic rings. The number of rotatable bonds is 4. The Balaban J connectivity index is 0.000000945. The van der Waals surface area contributed by atoms with Crippen LogP contribution in [-0.2, 0) is 28.5 Å². The van der Waals surface area contributed by atoms with Crippen LogP contribution in [0.15, 0.2) is 78.4 Å². The molecule has 0 radical (unpaired) electrons. The summed E-state index contributed by atoms with van der Waals surface area (Å²) >= 11 is 0. The number of aliphatic hydroxyl groups excluding tert-OH is 1. The van der Waals surface area contributed by atoms with Gasteiger partial charge in [-0.2, -0.15) is 0 Å². The summed E-state index contributed by atoms with van der Waals surface area (Å²) in [7, 11) is 0. The van der Waals surface area contributed by atoms with E-state index in [4.69, 9.17) is 23.7 Å². The Hall–Kier alpha value is -3.08. The number of aliphatic hydroxyl groups is 2. The molecule has 244 valence electrons. The maximum absolute atomic E-state index is 13.8. The summed E-state index contributed by atoms with van der Waals surface area (Å²) in [6, 6.07) is 8.54. The lowest BCUT2D eigenvalue weighted by molar-refractivity contribution is -0.316. The molecule has 2 bridgehead atoms. The zero-order valence-corrected chi connectivity index (χ0v) is 27.2. The van der Waals surface area contributed by atoms with Gasteiger partial charge in [-0.1, -0.05) is 69.9 Å². The quantitative estimate of drug-likeness (QED) is 0.359. The largest absolute Gasteiger partial charge is 0.455 e. The van der Waals surface area contributed by atoms with E-state index in [-0.39, 0.29) is 13.0 Å². The smallest absolute Gasteiger partial charge is 0.338 e. The summed E-state index contributed by atoms with van der Waals surface area (Å²) in [5, 5.41) is 24.4. The second-order valence-electron chi connectivity index (χ2n) is 13.4. The Morgan fingerprint density at radius 1 is 1.09 bits per heavy atom. The van der Waals surface area contributed by atoms with Crippen molar-refractivity contribution in [1.82, 2.24) is 0 Å². The van der Waals surface area contributed by atoms with Gasteiger partial charge in [-0.3, -0.25) is 4.79 Å². The number of carbonyl (C=O) groups is 2. The molecule has 0 amide bonds. The van der Waals surface area contributed by atoms with Gasteiger partial charge in [-0.05, 0) is 50.1 Å². The van der Waals surface area contributed by atoms with E-state index in [9.17, 15) is 19.8 Å². The summed E-state index contributed by atoms with van der Waals surface area (Å²) in [6.07, 6.45) is 4.22. The molecular weight excluding hydrogens is 576 g/mol. The lowest BCUT2D eigenvalue weighted by Gasteiger charge is -2.66. The fourth-order valence-electron chi connectivity index (χ4n) is 8.15. The summed E-state index contributed by atoms with van der Waals surface area (Å²) in [4.78, 5) is 26.4. The molecule has 5 aliphatic rings. The highest BCUT2D eigenvalue weighted by molar-refractivity contribution is 5.89. The molecule has 3 fully saturated rings. The van der Waals surface area contributed by atoms with Crippen LogP contribution in [0.2, 0.25) is 0 Å². The Bertz CT molecular complexity index is 1410. The van der Waals surface area contributed by atoms with Crippen molar-refractivity contribution >= 4 is 11.9 Å². The Labute approximate surface area is 265 Å². The van der Waals surface area contributed by atoms with E-state index in [1.807, 2.05) is 65.8 Å². The van der Waals surface area contributed by atoms with Crippen LogP contribution in [-0.4, -0.2) is 76.8 Å². The van der Waals surface area contributed by atoms with E-state index in [1.165, 1.54) is 6.92 Å². The van der Waals surface area contributed by atoms with Crippen molar-refractivity contribution in [3.63, 3.8) is 0 Å². The van der Waals surface area contributed by atoms with Crippen LogP contribution >= 0.6 is 0 Å². The summed E-state index contributed by atoms with van der Waals surface area (Å²) < 4.78 is 31.3. The highest BCUT2D eigenvalue weighted by Crippen LogP contribution is 2.65. The monoisotopic (exact) mass is 622 g/mol. The molecule has 2 aliphatic heterocycles. The van der Waals surface area contributed by atoms with Gasteiger partial charge in [0.1, 0.15) is 30.0 Å². The van der Waals surface area contributed by atoms with Crippen LogP contribution < -0.4 is 0 Å². The third-order valence-electron chi connectivity index (χ3n) is 10.6. The number of benzene rings is 1. The van der Waals surface area contributed by atoms with Crippen LogP contribution in [0.25, 0.3) is 0 Å². The fraction of sp³-hybridized carbons (Fsp3) is 0.556. The van der Waals surface area contributed by atoms with Gasteiger partial charge in [0.05, 0.1) is 24.2 Å². The predicted octanol–water partition coefficient (Wildman–Crippen LogP) is 4.84. The first kappa shape index (κ1) is 33.3. The normalized spacial score (nSPS) is 40.8. The van der Waals surface area contributed by atoms with Crippen molar-refractivity contribution < 1.29 is 43.5 Å². The van der Waals surface area contributed by atoms with Gasteiger partial charge >= 0.3 is 11.9 Å². The average molecular weight is 623 g/mol. The zero-order valence-electron chi connectivity index (χ0n) is 27.2. The molecule has 6 rings (SSSR count). The molecule has 10 atom stereocenters. The van der Waals surface area contributed by atoms with Crippen molar-refractivity contribution in [2.75, 3.05) is 6.61 Å². The van der Waals surface area contributed by atoms with E-state index < -0.39 is 76.7 Å². The second kappa shape index (κ2) is 11.9. The van der Waals surface area contributed by atoms with Gasteiger partial charge < -0.3 is 33.9 Å². The van der Waals surface area contributed by atoms with Gasteiger partial charge in [-0.25, -0.2) is 4.79 Å². The third-order valence-corrected chi connectivity index (χ3v) is 10.6. The van der Waals surface area contributed by atoms with E-state index >= 15 is 0 Å². The van der Waals surface area contributed by atoms with Crippen LogP contribution in [0.1, 0.15) is 65.2 Å². The summed E-state index contributed by atoms with van der Waals surface area (Å²) in [5.74, 6) is -2.01. The maximum Gasteiger partial charge on any atom is 0.338 e. The Morgan fingerprint density at radius 2 is 1.76 bits per heavy atom. The second-order valence-corrected chi connectivity index (χ2v) is 13.4. The van der Waals surface area contributed by atoms with Gasteiger partial charge in [0, 0.05) is 24.2 Å². The van der Waals surface area contributed by atoms with Crippen molar-refractivity contribution in [2.45, 2.75) is 103 Å². The van der Waals surface area contributed by atoms with Gasteiger partial charge in [0.15, 0.2) is 11.9 Å². The lowest BCUT2D eigenvalue weighted by atomic mass is 9.46. The first-order valence-corrected chi connectivity index (χ1v) is 15.6. The number of ether oxygens (including phenoxy) is 5. The van der Waals surface area contributed by atoms with Gasteiger partial charge in [-0.15, -0.1) is 0 Å². The minimum absolute atomic E-state index is 0.0329. The number of hydrogen-bond acceptors (Lipinski definition) is 9. The first-order valence-electron chi connectivity index (χ1n) is 15.6. The number of carbonyl (C=O) groups excluding carboxylic acids is 2. The summed E-state index contributed by atoms with van der Waals surface area (Å²) in [5.41, 5.74) is -3.47. The number of hydrogen-bond donors (Lipinski definition) is 2. The molecule has 45 heavy (non-hydrogen) atoms. The SMILES string of the molecule is C=C[C@@H]1O[C@@H]2C3=C(C)[C@@H](O)C[C@@](O)([C@@H](OC(=O)c4ccccc4)[C@H]4[C@@](C)(C=C[C@H]5OC[C@]54OC(C)=O)[C@@H]2O1)C3(C)C.CC=CC. The standard InChI is InChI=1S/C32H38O9.C4H8/c1-7-22-38-24-23-17(2)20(34)15-32(36,29(23,4)5)27(40-28(35)19-11-9-8-10-12-19)25-30(6,26(24)39-22)14-13-21-31(25,16-37-21)41-18(3)33;1-3-4-2/h7-14,20-22,24-27,34,36H,1,15-16H2,2-6H3;3-4H,1-2H3/t20-,21+,22+,24+,25-,26+,27-,30+,31-,32+;/m0./s1. The highest BCUT2D eigenvalue weighted by atomic mass is 16.7. The van der Waals surface area contributed by atoms with E-state index in [2.05, 4.69) is 6.58 Å². The van der Waals surface area contributed by atoms with Crippen LogP contribution in [0.5, 0.6) is 0 Å². The molecule has 1 saturated carbocycles. The number of fused-ring (bicyclic) bond motifs is 8. The van der Waals surface area contributed by atoms with Crippen LogP contribution in [0, 0.1) is 16.7 Å². The van der Waals surface area contributed by atoms with Crippen molar-refractivity contribution in [2.24, 2.45) is 16.7 Å². The van der Waals surface area contributed by atoms with Crippen molar-refractivity contribution in [3.05, 3.63) is 84.0 Å². The Kier molecular flexibility index (Phi) is 8.83. The van der Waals surface area contributed by atoms with E-state index in [1.54, 1.807) is 36.4 Å². The van der Waals surface area contributed by atoms with Crippen molar-refractivity contribution in [3.8, 4) is 0 Å². The molecule has 2 heterocycles. The summed E-state index contributed by atoms with van der Waals surface area (Å²) in [6.45, 7) is 16.8. The lowest BCUT2D eigenvalue weighted by Crippen LogP contribution is -2.78. The van der Waals surface area contributed by atoms with Crippen LogP contribution in [0.3, 0.4) is 0 Å². The minimum atomic E-state index is -1.81. The molecule has 0 unspecified atom stereocenters. The molecule has 0 aromatic heterocycles. The molecule has 2 N–H and O–H groups in total. The fourth-order valence-corrected chi connectivity index (χ4v) is 8.15. The Morgan fingerprint density at radius 3 is 2.31 bits per heavy atom. The van der Waals surface area contributed by atoms with Crippen LogP contribution in [0.4, 0.5) is 0 Å². The zero-order chi connectivity index (χ0) is 32.9. The van der Waals surface area contributed by atoms with E-state index in [0.29, 0.717) is 16.7 Å². The molecule has 0 spiro atoms. The van der Waals surface area contributed by atoms with E-state index in [0.717, 1.165) is 0 Å². The number of esters is 2. The molecule has 9 heteroatoms.